The van der Waals surface area contributed by atoms with E-state index in [9.17, 15) is 0 Å². The Morgan fingerprint density at radius 1 is 1.26 bits per heavy atom. The third-order valence-electron chi connectivity index (χ3n) is 3.07. The molecule has 1 aromatic carbocycles. The molecule has 0 aliphatic rings. The number of halogens is 1. The summed E-state index contributed by atoms with van der Waals surface area (Å²) >= 11 is 3.55. The van der Waals surface area contributed by atoms with E-state index in [0.29, 0.717) is 6.04 Å². The zero-order chi connectivity index (χ0) is 13.7. The van der Waals surface area contributed by atoms with E-state index in [2.05, 4.69) is 69.6 Å². The Hall–Kier alpha value is -1.35. The molecule has 0 bridgehead atoms. The molecule has 0 radical (unpaired) electrons. The van der Waals surface area contributed by atoms with Gasteiger partial charge in [0.1, 0.15) is 5.82 Å². The van der Waals surface area contributed by atoms with Gasteiger partial charge in [0.25, 0.3) is 0 Å². The van der Waals surface area contributed by atoms with Crippen molar-refractivity contribution in [3.63, 3.8) is 0 Å². The average Bonchev–Trinajstić information content (AvgIpc) is 2.41. The minimum atomic E-state index is 0.395. The van der Waals surface area contributed by atoms with Crippen molar-refractivity contribution in [3.05, 3.63) is 58.2 Å². The Balaban J connectivity index is 1.89. The molecule has 0 fully saturated rings. The van der Waals surface area contributed by atoms with Gasteiger partial charge in [-0.25, -0.2) is 4.98 Å². The maximum Gasteiger partial charge on any atom is 0.140 e. The fourth-order valence-corrected chi connectivity index (χ4v) is 2.55. The molecule has 2 aromatic rings. The van der Waals surface area contributed by atoms with Gasteiger partial charge in [0, 0.05) is 12.2 Å². The first kappa shape index (κ1) is 14.1. The molecule has 0 aliphatic heterocycles. The van der Waals surface area contributed by atoms with E-state index in [1.807, 2.05) is 13.1 Å². The molecule has 1 N–H and O–H groups in total. The van der Waals surface area contributed by atoms with Crippen LogP contribution >= 0.6 is 15.9 Å². The summed E-state index contributed by atoms with van der Waals surface area (Å²) < 4.78 is 1.03. The SMILES string of the molecule is Cc1cnc(NC(C)CCc2ccccc2)c(Br)c1. The van der Waals surface area contributed by atoms with Crippen LogP contribution in [0.5, 0.6) is 0 Å². The molecule has 3 heteroatoms. The highest BCUT2D eigenvalue weighted by molar-refractivity contribution is 9.10. The molecule has 0 saturated heterocycles. The van der Waals surface area contributed by atoms with E-state index in [1.165, 1.54) is 5.56 Å². The summed E-state index contributed by atoms with van der Waals surface area (Å²) in [6, 6.07) is 13.1. The number of nitrogens with zero attached hydrogens (tertiary/aromatic N) is 1. The third kappa shape index (κ3) is 4.35. The standard InChI is InChI=1S/C16H19BrN2/c1-12-10-15(17)16(18-11-12)19-13(2)8-9-14-6-4-3-5-7-14/h3-7,10-11,13H,8-9H2,1-2H3,(H,18,19). The van der Waals surface area contributed by atoms with Crippen LogP contribution < -0.4 is 5.32 Å². The maximum absolute atomic E-state index is 4.41. The summed E-state index contributed by atoms with van der Waals surface area (Å²) in [6.07, 6.45) is 4.06. The van der Waals surface area contributed by atoms with E-state index in [-0.39, 0.29) is 0 Å². The highest BCUT2D eigenvalue weighted by Gasteiger charge is 2.06. The topological polar surface area (TPSA) is 24.9 Å². The predicted molar refractivity (Wildman–Crippen MR) is 84.5 cm³/mol. The molecule has 1 aromatic heterocycles. The average molecular weight is 319 g/mol. The van der Waals surface area contributed by atoms with Crippen molar-refractivity contribution in [2.45, 2.75) is 32.7 Å². The van der Waals surface area contributed by atoms with Crippen molar-refractivity contribution >= 4 is 21.7 Å². The molecule has 1 heterocycles. The summed E-state index contributed by atoms with van der Waals surface area (Å²) in [5, 5.41) is 3.45. The van der Waals surface area contributed by atoms with Gasteiger partial charge in [-0.1, -0.05) is 30.3 Å². The first-order valence-electron chi connectivity index (χ1n) is 6.58. The monoisotopic (exact) mass is 318 g/mol. The molecule has 19 heavy (non-hydrogen) atoms. The number of rotatable bonds is 5. The molecule has 0 amide bonds. The van der Waals surface area contributed by atoms with Crippen molar-refractivity contribution in [2.75, 3.05) is 5.32 Å². The minimum Gasteiger partial charge on any atom is -0.367 e. The van der Waals surface area contributed by atoms with Crippen LogP contribution in [0.2, 0.25) is 0 Å². The zero-order valence-corrected chi connectivity index (χ0v) is 12.9. The lowest BCUT2D eigenvalue weighted by atomic mass is 10.1. The Kier molecular flexibility index (Phi) is 4.97. The first-order chi connectivity index (χ1) is 9.15. The zero-order valence-electron chi connectivity index (χ0n) is 11.4. The predicted octanol–water partition coefficient (Wildman–Crippen LogP) is 4.59. The van der Waals surface area contributed by atoms with E-state index in [4.69, 9.17) is 0 Å². The second-order valence-corrected chi connectivity index (χ2v) is 5.77. The second-order valence-electron chi connectivity index (χ2n) is 4.91. The lowest BCUT2D eigenvalue weighted by Gasteiger charge is -2.15. The number of nitrogens with one attached hydrogen (secondary N) is 1. The van der Waals surface area contributed by atoms with Crippen LogP contribution in [0.4, 0.5) is 5.82 Å². The van der Waals surface area contributed by atoms with Crippen LogP contribution in [-0.2, 0) is 6.42 Å². The van der Waals surface area contributed by atoms with E-state index < -0.39 is 0 Å². The summed E-state index contributed by atoms with van der Waals surface area (Å²) in [5.74, 6) is 0.922. The molecular weight excluding hydrogens is 300 g/mol. The number of pyridine rings is 1. The Morgan fingerprint density at radius 2 is 2.00 bits per heavy atom. The normalized spacial score (nSPS) is 12.2. The second kappa shape index (κ2) is 6.71. The third-order valence-corrected chi connectivity index (χ3v) is 3.67. The Bertz CT molecular complexity index is 526. The van der Waals surface area contributed by atoms with Crippen LogP contribution in [0.3, 0.4) is 0 Å². The van der Waals surface area contributed by atoms with E-state index in [1.54, 1.807) is 0 Å². The fourth-order valence-electron chi connectivity index (χ4n) is 1.97. The summed E-state index contributed by atoms with van der Waals surface area (Å²) in [7, 11) is 0. The molecule has 2 rings (SSSR count). The van der Waals surface area contributed by atoms with Gasteiger partial charge in [0.05, 0.1) is 4.47 Å². The highest BCUT2D eigenvalue weighted by atomic mass is 79.9. The van der Waals surface area contributed by atoms with Crippen molar-refractivity contribution in [2.24, 2.45) is 0 Å². The van der Waals surface area contributed by atoms with Crippen LogP contribution in [0.25, 0.3) is 0 Å². The Labute approximate surface area is 123 Å². The molecule has 0 spiro atoms. The number of anilines is 1. The molecule has 1 unspecified atom stereocenters. The van der Waals surface area contributed by atoms with E-state index in [0.717, 1.165) is 28.7 Å². The quantitative estimate of drug-likeness (QED) is 0.872. The maximum atomic E-state index is 4.41. The molecule has 2 nitrogen and oxygen atoms in total. The van der Waals surface area contributed by atoms with Gasteiger partial charge in [-0.3, -0.25) is 0 Å². The van der Waals surface area contributed by atoms with Crippen molar-refractivity contribution in [1.29, 1.82) is 0 Å². The van der Waals surface area contributed by atoms with E-state index >= 15 is 0 Å². The Morgan fingerprint density at radius 3 is 2.68 bits per heavy atom. The van der Waals surface area contributed by atoms with Gasteiger partial charge in [0.2, 0.25) is 0 Å². The van der Waals surface area contributed by atoms with Crippen LogP contribution in [0.15, 0.2) is 47.1 Å². The van der Waals surface area contributed by atoms with Crippen LogP contribution in [-0.4, -0.2) is 11.0 Å². The van der Waals surface area contributed by atoms with Gasteiger partial charge < -0.3 is 5.32 Å². The van der Waals surface area contributed by atoms with Gasteiger partial charge in [-0.2, -0.15) is 0 Å². The van der Waals surface area contributed by atoms with Crippen LogP contribution in [0.1, 0.15) is 24.5 Å². The van der Waals surface area contributed by atoms with Crippen molar-refractivity contribution in [3.8, 4) is 0 Å². The fraction of sp³-hybridized carbons (Fsp3) is 0.312. The molecule has 1 atom stereocenters. The van der Waals surface area contributed by atoms with Crippen LogP contribution in [0, 0.1) is 6.92 Å². The lowest BCUT2D eigenvalue weighted by molar-refractivity contribution is 0.702. The van der Waals surface area contributed by atoms with Crippen molar-refractivity contribution < 1.29 is 0 Å². The molecule has 0 aliphatic carbocycles. The smallest absolute Gasteiger partial charge is 0.140 e. The van der Waals surface area contributed by atoms with Gasteiger partial charge >= 0.3 is 0 Å². The molecule has 0 saturated carbocycles. The number of aryl methyl sites for hydroxylation is 2. The summed E-state index contributed by atoms with van der Waals surface area (Å²) in [6.45, 7) is 4.23. The summed E-state index contributed by atoms with van der Waals surface area (Å²) in [5.41, 5.74) is 2.54. The van der Waals surface area contributed by atoms with Gasteiger partial charge in [0.15, 0.2) is 0 Å². The lowest BCUT2D eigenvalue weighted by Crippen LogP contribution is -2.17. The summed E-state index contributed by atoms with van der Waals surface area (Å²) in [4.78, 5) is 4.41. The highest BCUT2D eigenvalue weighted by Crippen LogP contribution is 2.21. The van der Waals surface area contributed by atoms with Gasteiger partial charge in [-0.05, 0) is 59.8 Å². The number of hydrogen-bond acceptors (Lipinski definition) is 2. The van der Waals surface area contributed by atoms with Gasteiger partial charge in [-0.15, -0.1) is 0 Å². The molecule has 100 valence electrons. The largest absolute Gasteiger partial charge is 0.367 e. The molecular formula is C16H19BrN2. The first-order valence-corrected chi connectivity index (χ1v) is 7.37. The number of aromatic nitrogens is 1. The minimum absolute atomic E-state index is 0.395. The van der Waals surface area contributed by atoms with Crippen molar-refractivity contribution in [1.82, 2.24) is 4.98 Å². The number of hydrogen-bond donors (Lipinski definition) is 1. The number of benzene rings is 1.